The van der Waals surface area contributed by atoms with Crippen LogP contribution in [0, 0.1) is 0 Å². The fourth-order valence-electron chi connectivity index (χ4n) is 10.3. The van der Waals surface area contributed by atoms with Gasteiger partial charge in [0, 0.05) is 51.4 Å². The van der Waals surface area contributed by atoms with Crippen LogP contribution in [0.4, 0.5) is 0 Å². The molecule has 0 amide bonds. The first kappa shape index (κ1) is 166. The fourth-order valence-corrected chi connectivity index (χ4v) is 10.3. The Morgan fingerprint density at radius 3 is 0.225 bits per heavy atom. The van der Waals surface area contributed by atoms with Gasteiger partial charge < -0.3 is 148 Å². The van der Waals surface area contributed by atoms with Gasteiger partial charge in [0.25, 0.3) is 0 Å². The van der Waals surface area contributed by atoms with Gasteiger partial charge in [-0.25, -0.2) is 0 Å². The van der Waals surface area contributed by atoms with E-state index in [9.17, 15) is 38.4 Å². The molecule has 0 saturated carbocycles. The van der Waals surface area contributed by atoms with E-state index < -0.39 is 90.5 Å². The SMILES string of the molecule is CCCCCCCCCC(=O)O.CCCCCCCCCC(=O)O.CCCCCCCCCC(=O)O.CCCCCCCCCC(=O)O.CCCCCCCCCC(=O)O.CCCCCCCCCC(=O)O.CCCCCCCCCC(=O)O.CCCCCCCCCC(=O)O.OCC(O)CO.OCC(O)CO.OCC(O)CO.OCC(O)CO.OCC(O)CO.OCC(O)CO.OCC(O)CO. The van der Waals surface area contributed by atoms with Crippen molar-refractivity contribution in [2.24, 2.45) is 0 Å². The molecular weight excluding hydrogens is 1810 g/mol. The molecule has 0 aromatic rings. The maximum atomic E-state index is 10.1. The lowest BCUT2D eigenvalue weighted by atomic mass is 10.1. The summed E-state index contributed by atoms with van der Waals surface area (Å²) in [6.07, 6.45) is 62.5. The van der Waals surface area contributed by atoms with Crippen molar-refractivity contribution in [3.05, 3.63) is 0 Å². The second-order valence-electron chi connectivity index (χ2n) is 33.3. The average molecular weight is 2020 g/mol. The van der Waals surface area contributed by atoms with Gasteiger partial charge in [-0.2, -0.15) is 0 Å². The minimum atomic E-state index is -0.954. The Balaban J connectivity index is -0.0000000912. The van der Waals surface area contributed by atoms with Gasteiger partial charge >= 0.3 is 47.8 Å². The summed E-state index contributed by atoms with van der Waals surface area (Å²) in [5.74, 6) is -5.31. The van der Waals surface area contributed by atoms with E-state index in [1.165, 1.54) is 257 Å². The number of aliphatic carboxylic acids is 8. The Morgan fingerprint density at radius 2 is 0.181 bits per heavy atom. The largest absolute Gasteiger partial charge is 0.481 e. The molecular formula is C101H216O37. The molecule has 0 bridgehead atoms. The molecule has 0 saturated heterocycles. The van der Waals surface area contributed by atoms with Crippen LogP contribution < -0.4 is 0 Å². The molecule has 0 aliphatic carbocycles. The molecule has 29 N–H and O–H groups in total. The van der Waals surface area contributed by atoms with E-state index in [0.717, 1.165) is 103 Å². The summed E-state index contributed by atoms with van der Waals surface area (Å²) in [6.45, 7) is 12.5. The van der Waals surface area contributed by atoms with E-state index in [4.69, 9.17) is 148 Å². The molecule has 0 fully saturated rings. The molecule has 0 heterocycles. The lowest BCUT2D eigenvalue weighted by molar-refractivity contribution is -0.138. The standard InChI is InChI=1S/8C10H20O2.7C3H8O3/c8*1-2-3-4-5-6-7-8-9-10(11)12;7*4-1-3(6)2-5/h8*2-9H2,1H3,(H,11,12);7*3-6H,1-2H2. The van der Waals surface area contributed by atoms with E-state index in [1.54, 1.807) is 0 Å². The molecule has 0 aliphatic heterocycles. The zero-order valence-electron chi connectivity index (χ0n) is 87.4. The van der Waals surface area contributed by atoms with Crippen LogP contribution in [0.15, 0.2) is 0 Å². The summed E-state index contributed by atoms with van der Waals surface area (Å²) in [5, 5.41) is 235. The molecule has 0 atom stereocenters. The van der Waals surface area contributed by atoms with Crippen molar-refractivity contribution < 1.29 is 186 Å². The Hall–Kier alpha value is -5.08. The number of aliphatic hydroxyl groups excluding tert-OH is 21. The van der Waals surface area contributed by atoms with Crippen LogP contribution in [0.25, 0.3) is 0 Å². The van der Waals surface area contributed by atoms with Crippen LogP contribution in [0.2, 0.25) is 0 Å². The second kappa shape index (κ2) is 163. The van der Waals surface area contributed by atoms with Gasteiger partial charge in [-0.05, 0) is 51.4 Å². The zero-order valence-corrected chi connectivity index (χ0v) is 87.4. The number of hydrogen-bond donors (Lipinski definition) is 29. The van der Waals surface area contributed by atoms with E-state index in [1.807, 2.05) is 0 Å². The van der Waals surface area contributed by atoms with Gasteiger partial charge in [0.1, 0.15) is 42.7 Å². The van der Waals surface area contributed by atoms with Crippen LogP contribution in [0.3, 0.4) is 0 Å². The topological polar surface area (TPSA) is 723 Å². The highest BCUT2D eigenvalue weighted by Crippen LogP contribution is 2.15. The van der Waals surface area contributed by atoms with Crippen molar-refractivity contribution in [3.63, 3.8) is 0 Å². The normalized spacial score (nSPS) is 10.1. The quantitative estimate of drug-likeness (QED) is 0.0251. The molecule has 0 spiro atoms. The predicted octanol–water partition coefficient (Wildman–Crippen LogP) is 14.0. The third-order valence-corrected chi connectivity index (χ3v) is 18.9. The summed E-state index contributed by atoms with van der Waals surface area (Å²) in [6, 6.07) is 0. The Kier molecular flexibility index (Phi) is 196. The molecule has 0 aromatic heterocycles. The molecule has 138 heavy (non-hydrogen) atoms. The summed E-state index contributed by atoms with van der Waals surface area (Å²) in [4.78, 5) is 81.1. The highest BCUT2D eigenvalue weighted by molar-refractivity contribution is 5.68. The van der Waals surface area contributed by atoms with Gasteiger partial charge in [0.15, 0.2) is 0 Å². The first-order valence-electron chi connectivity index (χ1n) is 51.9. The Bertz CT molecular complexity index is 1740. The Morgan fingerprint density at radius 1 is 0.123 bits per heavy atom. The smallest absolute Gasteiger partial charge is 0.303 e. The maximum Gasteiger partial charge on any atom is 0.303 e. The maximum absolute atomic E-state index is 10.1. The van der Waals surface area contributed by atoms with E-state index in [2.05, 4.69) is 55.4 Å². The predicted molar refractivity (Wildman–Crippen MR) is 543 cm³/mol. The number of carbonyl (C=O) groups is 8. The van der Waals surface area contributed by atoms with Gasteiger partial charge in [0.2, 0.25) is 0 Å². The molecule has 0 aliphatic rings. The minimum Gasteiger partial charge on any atom is -0.481 e. The van der Waals surface area contributed by atoms with Gasteiger partial charge in [0.05, 0.1) is 92.5 Å². The van der Waals surface area contributed by atoms with Crippen molar-refractivity contribution in [1.29, 1.82) is 0 Å². The fraction of sp³-hybridized carbons (Fsp3) is 0.921. The monoisotopic (exact) mass is 2020 g/mol. The van der Waals surface area contributed by atoms with Crippen LogP contribution in [0.5, 0.6) is 0 Å². The molecule has 842 valence electrons. The number of carboxylic acid groups (broad SMARTS) is 8. The van der Waals surface area contributed by atoms with E-state index in [-0.39, 0.29) is 92.5 Å². The highest BCUT2D eigenvalue weighted by atomic mass is 16.4. The van der Waals surface area contributed by atoms with E-state index in [0.29, 0.717) is 51.4 Å². The molecule has 0 unspecified atom stereocenters. The van der Waals surface area contributed by atoms with Crippen LogP contribution in [0.1, 0.15) is 466 Å². The second-order valence-corrected chi connectivity index (χ2v) is 33.3. The lowest BCUT2D eigenvalue weighted by Gasteiger charge is -1.98. The first-order chi connectivity index (χ1) is 65.8. The van der Waals surface area contributed by atoms with Crippen molar-refractivity contribution >= 4 is 47.8 Å². The summed E-state index contributed by atoms with van der Waals surface area (Å²) < 4.78 is 0. The molecule has 0 rings (SSSR count). The number of aliphatic hydroxyl groups is 21. The van der Waals surface area contributed by atoms with Crippen molar-refractivity contribution in [2.75, 3.05) is 92.5 Å². The van der Waals surface area contributed by atoms with Crippen LogP contribution in [-0.4, -0.2) is 331 Å². The van der Waals surface area contributed by atoms with Crippen molar-refractivity contribution in [2.45, 2.75) is 509 Å². The number of hydrogen-bond acceptors (Lipinski definition) is 29. The third-order valence-electron chi connectivity index (χ3n) is 18.9. The average Bonchev–Trinajstić information content (AvgIpc) is 1.12. The molecule has 0 aromatic carbocycles. The number of rotatable bonds is 78. The van der Waals surface area contributed by atoms with Gasteiger partial charge in [-0.15, -0.1) is 0 Å². The summed E-state index contributed by atoms with van der Waals surface area (Å²) in [7, 11) is 0. The van der Waals surface area contributed by atoms with Crippen molar-refractivity contribution in [3.8, 4) is 0 Å². The van der Waals surface area contributed by atoms with Gasteiger partial charge in [-0.3, -0.25) is 38.4 Å². The van der Waals surface area contributed by atoms with Gasteiger partial charge in [-0.1, -0.05) is 364 Å². The summed E-state index contributed by atoms with van der Waals surface area (Å²) in [5.41, 5.74) is 0. The minimum absolute atomic E-state index is 0.341. The number of carboxylic acids is 8. The van der Waals surface area contributed by atoms with E-state index >= 15 is 0 Å². The number of unbranched alkanes of at least 4 members (excludes halogenated alkanes) is 48. The summed E-state index contributed by atoms with van der Waals surface area (Å²) >= 11 is 0. The lowest BCUT2D eigenvalue weighted by Crippen LogP contribution is -2.15. The zero-order chi connectivity index (χ0) is 109. The first-order valence-corrected chi connectivity index (χ1v) is 51.9. The van der Waals surface area contributed by atoms with Crippen molar-refractivity contribution in [1.82, 2.24) is 0 Å². The third kappa shape index (κ3) is 245. The Labute approximate surface area is 832 Å². The molecule has 0 radical (unpaired) electrons. The van der Waals surface area contributed by atoms with Crippen LogP contribution in [-0.2, 0) is 38.4 Å². The highest BCUT2D eigenvalue weighted by Gasteiger charge is 2.05. The van der Waals surface area contributed by atoms with Crippen LogP contribution >= 0.6 is 0 Å². The molecule has 37 heteroatoms. The molecule has 37 nitrogen and oxygen atoms in total.